The summed E-state index contributed by atoms with van der Waals surface area (Å²) in [5.41, 5.74) is 0. The first-order chi connectivity index (χ1) is 18.3. The number of Topliss-reactive ketones (excluding diaryl/α,β-unsaturated/α-hetero) is 1. The minimum absolute atomic E-state index is 0.0133. The summed E-state index contributed by atoms with van der Waals surface area (Å²) in [5.74, 6) is 0.205. The molecule has 0 amide bonds. The molecule has 0 aromatic heterocycles. The number of rotatable bonds is 30. The summed E-state index contributed by atoms with van der Waals surface area (Å²) in [7, 11) is 0.00505. The molecule has 0 aliphatic rings. The predicted octanol–water partition coefficient (Wildman–Crippen LogP) is 8.07. The lowest BCUT2D eigenvalue weighted by atomic mass is 9.94. The number of ketones is 1. The Bertz CT molecular complexity index is 572. The second kappa shape index (κ2) is 26.9. The standard InChI is InChI=1S/C31H64NO5P/c1-5-7-8-9-10-11-12-13-14-15-16-17-18-19-20-21-22-25-30(28-31(33)24-6-2)29-37-38(34,35)36-27-23-26-32(3)4/h30H,5-29H2,1-4H3,(H,34,35)/p+1. The number of phosphoric acid groups is 1. The van der Waals surface area contributed by atoms with Crippen molar-refractivity contribution in [3.63, 3.8) is 0 Å². The van der Waals surface area contributed by atoms with Gasteiger partial charge in [0.15, 0.2) is 0 Å². The van der Waals surface area contributed by atoms with Crippen molar-refractivity contribution in [1.82, 2.24) is 0 Å². The highest BCUT2D eigenvalue weighted by Crippen LogP contribution is 2.44. The van der Waals surface area contributed by atoms with Crippen LogP contribution < -0.4 is 4.90 Å². The summed E-state index contributed by atoms with van der Waals surface area (Å²) in [6, 6.07) is 0. The van der Waals surface area contributed by atoms with E-state index in [4.69, 9.17) is 9.05 Å². The number of nitrogens with one attached hydrogen (secondary N) is 1. The van der Waals surface area contributed by atoms with Gasteiger partial charge in [-0.3, -0.25) is 13.8 Å². The lowest BCUT2D eigenvalue weighted by molar-refractivity contribution is -0.858. The quantitative estimate of drug-likeness (QED) is 0.0684. The van der Waals surface area contributed by atoms with E-state index in [9.17, 15) is 14.3 Å². The minimum Gasteiger partial charge on any atom is -0.340 e. The first-order valence-electron chi connectivity index (χ1n) is 16.2. The van der Waals surface area contributed by atoms with E-state index in [0.29, 0.717) is 19.3 Å². The molecule has 2 N–H and O–H groups in total. The molecule has 0 rings (SSSR count). The van der Waals surface area contributed by atoms with Gasteiger partial charge in [0, 0.05) is 19.3 Å². The molecule has 2 atom stereocenters. The van der Waals surface area contributed by atoms with Gasteiger partial charge in [0.2, 0.25) is 0 Å². The third kappa shape index (κ3) is 27.3. The van der Waals surface area contributed by atoms with Crippen molar-refractivity contribution in [2.75, 3.05) is 33.9 Å². The third-order valence-corrected chi connectivity index (χ3v) is 8.29. The number of unbranched alkanes of at least 4 members (excludes halogenated alkanes) is 16. The highest BCUT2D eigenvalue weighted by atomic mass is 31.2. The van der Waals surface area contributed by atoms with Gasteiger partial charge in [0.1, 0.15) is 5.78 Å². The van der Waals surface area contributed by atoms with Crippen LogP contribution in [0.1, 0.15) is 155 Å². The number of carbonyl (C=O) groups is 1. The van der Waals surface area contributed by atoms with E-state index < -0.39 is 7.82 Å². The van der Waals surface area contributed by atoms with Gasteiger partial charge in [-0.05, 0) is 18.8 Å². The van der Waals surface area contributed by atoms with E-state index in [0.717, 1.165) is 32.2 Å². The Morgan fingerprint density at radius 2 is 1.18 bits per heavy atom. The molecule has 0 aliphatic heterocycles. The zero-order chi connectivity index (χ0) is 28.3. The maximum Gasteiger partial charge on any atom is 0.472 e. The summed E-state index contributed by atoms with van der Waals surface area (Å²) in [6.45, 7) is 5.47. The molecule has 6 nitrogen and oxygen atoms in total. The highest BCUT2D eigenvalue weighted by molar-refractivity contribution is 7.47. The molecule has 0 aromatic rings. The maximum atomic E-state index is 12.2. The molecule has 0 saturated heterocycles. The van der Waals surface area contributed by atoms with Gasteiger partial charge < -0.3 is 9.79 Å². The van der Waals surface area contributed by atoms with Crippen LogP contribution in [0.3, 0.4) is 0 Å². The van der Waals surface area contributed by atoms with Crippen molar-refractivity contribution >= 4 is 13.6 Å². The summed E-state index contributed by atoms with van der Waals surface area (Å²) in [6.07, 6.45) is 26.2. The number of quaternary nitrogens is 1. The summed E-state index contributed by atoms with van der Waals surface area (Å²) < 4.78 is 22.6. The number of carbonyl (C=O) groups excluding carboxylic acids is 1. The second-order valence-electron chi connectivity index (χ2n) is 11.7. The van der Waals surface area contributed by atoms with Crippen LogP contribution in [-0.2, 0) is 18.4 Å². The predicted molar refractivity (Wildman–Crippen MR) is 161 cm³/mol. The Balaban J connectivity index is 3.89. The molecule has 0 aliphatic carbocycles. The Morgan fingerprint density at radius 3 is 1.63 bits per heavy atom. The molecular weight excluding hydrogens is 497 g/mol. The zero-order valence-electron chi connectivity index (χ0n) is 25.8. The maximum absolute atomic E-state index is 12.2. The van der Waals surface area contributed by atoms with Crippen LogP contribution >= 0.6 is 7.82 Å². The smallest absolute Gasteiger partial charge is 0.340 e. The number of hydrogen-bond acceptors (Lipinski definition) is 4. The van der Waals surface area contributed by atoms with Crippen molar-refractivity contribution in [3.8, 4) is 0 Å². The van der Waals surface area contributed by atoms with E-state index in [2.05, 4.69) is 6.92 Å². The van der Waals surface area contributed by atoms with Gasteiger partial charge in [0.05, 0.1) is 33.9 Å². The third-order valence-electron chi connectivity index (χ3n) is 7.31. The van der Waals surface area contributed by atoms with Crippen molar-refractivity contribution < 1.29 is 28.2 Å². The van der Waals surface area contributed by atoms with E-state index in [-0.39, 0.29) is 24.9 Å². The van der Waals surface area contributed by atoms with Crippen LogP contribution in [0.25, 0.3) is 0 Å². The monoisotopic (exact) mass is 562 g/mol. The van der Waals surface area contributed by atoms with Gasteiger partial charge in [-0.25, -0.2) is 4.57 Å². The van der Waals surface area contributed by atoms with Crippen LogP contribution in [0.2, 0.25) is 0 Å². The van der Waals surface area contributed by atoms with E-state index in [1.807, 2.05) is 21.0 Å². The molecule has 0 saturated carbocycles. The molecule has 38 heavy (non-hydrogen) atoms. The first kappa shape index (κ1) is 37.7. The van der Waals surface area contributed by atoms with Crippen molar-refractivity contribution in [2.24, 2.45) is 5.92 Å². The largest absolute Gasteiger partial charge is 0.472 e. The van der Waals surface area contributed by atoms with Gasteiger partial charge in [-0.2, -0.15) is 0 Å². The molecule has 0 aromatic carbocycles. The van der Waals surface area contributed by atoms with Crippen molar-refractivity contribution in [1.29, 1.82) is 0 Å². The average Bonchev–Trinajstić information content (AvgIpc) is 2.87. The Morgan fingerprint density at radius 1 is 0.711 bits per heavy atom. The molecule has 7 heteroatoms. The fraction of sp³-hybridized carbons (Fsp3) is 0.968. The lowest BCUT2D eigenvalue weighted by Crippen LogP contribution is -3.05. The summed E-state index contributed by atoms with van der Waals surface area (Å²) in [5, 5.41) is 0. The zero-order valence-corrected chi connectivity index (χ0v) is 26.7. The molecule has 2 unspecified atom stereocenters. The molecule has 0 heterocycles. The Hall–Kier alpha value is -0.260. The average molecular weight is 563 g/mol. The van der Waals surface area contributed by atoms with Crippen LogP contribution in [0.4, 0.5) is 0 Å². The normalized spacial score (nSPS) is 14.2. The van der Waals surface area contributed by atoms with E-state index in [1.54, 1.807) is 0 Å². The van der Waals surface area contributed by atoms with Gasteiger partial charge in [-0.15, -0.1) is 0 Å². The van der Waals surface area contributed by atoms with Crippen LogP contribution in [0, 0.1) is 5.92 Å². The van der Waals surface area contributed by atoms with Gasteiger partial charge in [-0.1, -0.05) is 123 Å². The molecule has 0 bridgehead atoms. The van der Waals surface area contributed by atoms with Crippen LogP contribution in [-0.4, -0.2) is 44.5 Å². The van der Waals surface area contributed by atoms with Crippen molar-refractivity contribution in [3.05, 3.63) is 0 Å². The van der Waals surface area contributed by atoms with Crippen LogP contribution in [0.5, 0.6) is 0 Å². The molecule has 0 spiro atoms. The first-order valence-corrected chi connectivity index (χ1v) is 17.7. The fourth-order valence-electron chi connectivity index (χ4n) is 4.95. The van der Waals surface area contributed by atoms with Gasteiger partial charge >= 0.3 is 7.82 Å². The topological polar surface area (TPSA) is 77.3 Å². The number of phosphoric ester groups is 1. The Kier molecular flexibility index (Phi) is 26.8. The molecule has 0 fully saturated rings. The van der Waals surface area contributed by atoms with E-state index in [1.165, 1.54) is 101 Å². The molecular formula is C31H65NO5P+. The van der Waals surface area contributed by atoms with E-state index >= 15 is 0 Å². The highest BCUT2D eigenvalue weighted by Gasteiger charge is 2.24. The summed E-state index contributed by atoms with van der Waals surface area (Å²) >= 11 is 0. The van der Waals surface area contributed by atoms with Crippen molar-refractivity contribution in [2.45, 2.75) is 155 Å². The van der Waals surface area contributed by atoms with Crippen LogP contribution in [0.15, 0.2) is 0 Å². The summed E-state index contributed by atoms with van der Waals surface area (Å²) in [4.78, 5) is 23.5. The minimum atomic E-state index is -4.06. The second-order valence-corrected chi connectivity index (χ2v) is 13.2. The van der Waals surface area contributed by atoms with Gasteiger partial charge in [0.25, 0.3) is 0 Å². The number of hydrogen-bond donors (Lipinski definition) is 2. The fourth-order valence-corrected chi connectivity index (χ4v) is 5.78. The lowest BCUT2D eigenvalue weighted by Gasteiger charge is -2.19. The Labute approximate surface area is 236 Å². The molecule has 228 valence electrons. The molecule has 0 radical (unpaired) electrons. The SMILES string of the molecule is CCCCCCCCCCCCCCCCCCCC(COP(=O)(O)OCCC[NH+](C)C)CC(=O)CCC.